The minimum Gasteiger partial charge on any atom is -0.497 e. The van der Waals surface area contributed by atoms with Crippen LogP contribution in [0.15, 0.2) is 47.5 Å². The number of allylic oxidation sites excluding steroid dienone is 1. The summed E-state index contributed by atoms with van der Waals surface area (Å²) in [6.07, 6.45) is 4.69. The second-order valence-electron chi connectivity index (χ2n) is 8.71. The molecule has 1 aliphatic heterocycles. The molecule has 2 heterocycles. The Balaban J connectivity index is 1.95. The van der Waals surface area contributed by atoms with E-state index in [1.165, 1.54) is 30.6 Å². The van der Waals surface area contributed by atoms with Gasteiger partial charge in [0, 0.05) is 25.7 Å². The van der Waals surface area contributed by atoms with E-state index < -0.39 is 22.2 Å². The second kappa shape index (κ2) is 11.2. The molecule has 10 heteroatoms. The lowest BCUT2D eigenvalue weighted by atomic mass is 10.00. The standard InChI is InChI=1S/C25H33N3O6S/c1-6-7-19-12-22-24(26-13-19)34-23(17(2)14-28(25(22)30)18(3)16-29)15-27(4)35(31,32)21-10-8-20(33-5)9-11-21/h6-13,17-18,23,29H,14-16H2,1-5H3/b7-6+/t17-,18+,23+/m1/s1. The SMILES string of the molecule is C/C=C/c1cnc2c(c1)C(=O)N([C@@H](C)CO)C[C@@H](C)[C@H](CN(C)S(=O)(=O)c1ccc(OC)cc1)O2. The van der Waals surface area contributed by atoms with Crippen LogP contribution in [-0.4, -0.2) is 79.6 Å². The molecule has 0 radical (unpaired) electrons. The van der Waals surface area contributed by atoms with Gasteiger partial charge < -0.3 is 19.5 Å². The molecule has 3 rings (SSSR count). The number of aromatic nitrogens is 1. The smallest absolute Gasteiger partial charge is 0.259 e. The first-order chi connectivity index (χ1) is 16.6. The Morgan fingerprint density at radius 1 is 1.34 bits per heavy atom. The summed E-state index contributed by atoms with van der Waals surface area (Å²) in [6.45, 7) is 5.66. The van der Waals surface area contributed by atoms with Crippen molar-refractivity contribution in [2.24, 2.45) is 5.92 Å². The van der Waals surface area contributed by atoms with Crippen molar-refractivity contribution in [2.45, 2.75) is 37.8 Å². The van der Waals surface area contributed by atoms with Gasteiger partial charge in [-0.15, -0.1) is 0 Å². The zero-order valence-corrected chi connectivity index (χ0v) is 21.5. The highest BCUT2D eigenvalue weighted by molar-refractivity contribution is 7.89. The van der Waals surface area contributed by atoms with E-state index in [0.29, 0.717) is 5.75 Å². The minimum absolute atomic E-state index is 0.0444. The number of nitrogens with zero attached hydrogens (tertiary/aromatic N) is 3. The van der Waals surface area contributed by atoms with Gasteiger partial charge in [-0.05, 0) is 49.7 Å². The molecule has 9 nitrogen and oxygen atoms in total. The van der Waals surface area contributed by atoms with Crippen LogP contribution in [0.5, 0.6) is 11.6 Å². The van der Waals surface area contributed by atoms with Gasteiger partial charge in [0.1, 0.15) is 17.4 Å². The molecular formula is C25H33N3O6S. The van der Waals surface area contributed by atoms with Crippen molar-refractivity contribution in [3.63, 3.8) is 0 Å². The van der Waals surface area contributed by atoms with Gasteiger partial charge in [-0.25, -0.2) is 13.4 Å². The average molecular weight is 504 g/mol. The Hall–Kier alpha value is -2.95. The number of fused-ring (bicyclic) bond motifs is 1. The fraction of sp³-hybridized carbons (Fsp3) is 0.440. The van der Waals surface area contributed by atoms with E-state index in [1.807, 2.05) is 26.0 Å². The Morgan fingerprint density at radius 2 is 2.03 bits per heavy atom. The molecule has 1 aromatic heterocycles. The van der Waals surface area contributed by atoms with Crippen molar-refractivity contribution in [3.05, 3.63) is 53.7 Å². The maximum atomic E-state index is 13.4. The van der Waals surface area contributed by atoms with Gasteiger partial charge in [0.25, 0.3) is 5.91 Å². The van der Waals surface area contributed by atoms with E-state index in [1.54, 1.807) is 36.2 Å². The zero-order valence-electron chi connectivity index (χ0n) is 20.7. The predicted molar refractivity (Wildman–Crippen MR) is 133 cm³/mol. The van der Waals surface area contributed by atoms with E-state index in [2.05, 4.69) is 4.98 Å². The number of carbonyl (C=O) groups is 1. The number of amides is 1. The molecule has 1 N–H and O–H groups in total. The summed E-state index contributed by atoms with van der Waals surface area (Å²) < 4.78 is 39.0. The summed E-state index contributed by atoms with van der Waals surface area (Å²) in [5, 5.41) is 9.77. The van der Waals surface area contributed by atoms with Crippen molar-refractivity contribution >= 4 is 22.0 Å². The molecule has 2 aromatic rings. The molecule has 0 saturated heterocycles. The highest BCUT2D eigenvalue weighted by atomic mass is 32.2. The molecule has 3 atom stereocenters. The maximum absolute atomic E-state index is 13.4. The summed E-state index contributed by atoms with van der Waals surface area (Å²) in [5.74, 6) is 0.174. The number of pyridine rings is 1. The molecule has 0 fully saturated rings. The largest absolute Gasteiger partial charge is 0.497 e. The first-order valence-electron chi connectivity index (χ1n) is 11.4. The van der Waals surface area contributed by atoms with E-state index >= 15 is 0 Å². The first kappa shape index (κ1) is 26.7. The van der Waals surface area contributed by atoms with Crippen LogP contribution in [0.1, 0.15) is 36.7 Å². The number of ether oxygens (including phenoxy) is 2. The van der Waals surface area contributed by atoms with Crippen LogP contribution >= 0.6 is 0 Å². The van der Waals surface area contributed by atoms with Gasteiger partial charge >= 0.3 is 0 Å². The third kappa shape index (κ3) is 5.83. The van der Waals surface area contributed by atoms with Crippen LogP contribution in [0, 0.1) is 5.92 Å². The Morgan fingerprint density at radius 3 is 2.63 bits per heavy atom. The predicted octanol–water partition coefficient (Wildman–Crippen LogP) is 2.66. The minimum atomic E-state index is -3.80. The number of carbonyl (C=O) groups excluding carboxylic acids is 1. The summed E-state index contributed by atoms with van der Waals surface area (Å²) in [4.78, 5) is 19.5. The lowest BCUT2D eigenvalue weighted by Crippen LogP contribution is -2.50. The molecule has 0 unspecified atom stereocenters. The van der Waals surface area contributed by atoms with Crippen molar-refractivity contribution < 1.29 is 27.8 Å². The Kier molecular flexibility index (Phi) is 8.52. The number of rotatable bonds is 8. The first-order valence-corrected chi connectivity index (χ1v) is 12.9. The molecule has 35 heavy (non-hydrogen) atoms. The van der Waals surface area contributed by atoms with Gasteiger partial charge in [-0.2, -0.15) is 4.31 Å². The molecular weight excluding hydrogens is 470 g/mol. The summed E-state index contributed by atoms with van der Waals surface area (Å²) in [7, 11) is -0.784. The van der Waals surface area contributed by atoms with Crippen molar-refractivity contribution in [3.8, 4) is 11.6 Å². The molecule has 1 amide bonds. The van der Waals surface area contributed by atoms with Gasteiger partial charge in [-0.1, -0.05) is 19.1 Å². The number of sulfonamides is 1. The van der Waals surface area contributed by atoms with Gasteiger partial charge in [0.2, 0.25) is 15.9 Å². The number of methoxy groups -OCH3 is 1. The fourth-order valence-corrected chi connectivity index (χ4v) is 5.08. The van der Waals surface area contributed by atoms with Crippen LogP contribution < -0.4 is 9.47 Å². The molecule has 0 spiro atoms. The quantitative estimate of drug-likeness (QED) is 0.590. The van der Waals surface area contributed by atoms with E-state index in [-0.39, 0.29) is 47.9 Å². The summed E-state index contributed by atoms with van der Waals surface area (Å²) >= 11 is 0. The average Bonchev–Trinajstić information content (AvgIpc) is 2.86. The zero-order chi connectivity index (χ0) is 25.8. The summed E-state index contributed by atoms with van der Waals surface area (Å²) in [5.41, 5.74) is 1.02. The highest BCUT2D eigenvalue weighted by Gasteiger charge is 2.35. The van der Waals surface area contributed by atoms with Gasteiger partial charge in [0.15, 0.2) is 0 Å². The van der Waals surface area contributed by atoms with Crippen molar-refractivity contribution in [2.75, 3.05) is 33.9 Å². The monoisotopic (exact) mass is 503 g/mol. The molecule has 190 valence electrons. The number of aliphatic hydroxyl groups excluding tert-OH is 1. The lowest BCUT2D eigenvalue weighted by molar-refractivity contribution is 0.0373. The third-order valence-corrected chi connectivity index (χ3v) is 7.94. The number of hydrogen-bond acceptors (Lipinski definition) is 7. The second-order valence-corrected chi connectivity index (χ2v) is 10.8. The van der Waals surface area contributed by atoms with Crippen LogP contribution in [-0.2, 0) is 10.0 Å². The van der Waals surface area contributed by atoms with E-state index in [9.17, 15) is 18.3 Å². The van der Waals surface area contributed by atoms with Gasteiger partial charge in [0.05, 0.1) is 31.2 Å². The molecule has 0 bridgehead atoms. The topological polar surface area (TPSA) is 109 Å². The Bertz CT molecular complexity index is 1170. The van der Waals surface area contributed by atoms with Crippen LogP contribution in [0.3, 0.4) is 0 Å². The normalized spacial score (nSPS) is 19.7. The van der Waals surface area contributed by atoms with Gasteiger partial charge in [-0.3, -0.25) is 4.79 Å². The summed E-state index contributed by atoms with van der Waals surface area (Å²) in [6, 6.07) is 7.46. The van der Waals surface area contributed by atoms with Crippen LogP contribution in [0.25, 0.3) is 6.08 Å². The fourth-order valence-electron chi connectivity index (χ4n) is 3.90. The third-order valence-electron chi connectivity index (χ3n) is 6.11. The number of hydrogen-bond donors (Lipinski definition) is 1. The molecule has 0 saturated carbocycles. The number of likely N-dealkylation sites (N-methyl/N-ethyl adjacent to an activating group) is 1. The van der Waals surface area contributed by atoms with E-state index in [4.69, 9.17) is 9.47 Å². The molecule has 0 aliphatic carbocycles. The van der Waals surface area contributed by atoms with Crippen LogP contribution in [0.4, 0.5) is 0 Å². The maximum Gasteiger partial charge on any atom is 0.259 e. The molecule has 1 aliphatic rings. The van der Waals surface area contributed by atoms with Crippen molar-refractivity contribution in [1.29, 1.82) is 0 Å². The number of aliphatic hydroxyl groups is 1. The Labute approximate surface area is 207 Å². The van der Waals surface area contributed by atoms with Crippen LogP contribution in [0.2, 0.25) is 0 Å². The lowest BCUT2D eigenvalue weighted by Gasteiger charge is -2.37. The highest BCUT2D eigenvalue weighted by Crippen LogP contribution is 2.28. The van der Waals surface area contributed by atoms with E-state index in [0.717, 1.165) is 5.56 Å². The van der Waals surface area contributed by atoms with Crippen molar-refractivity contribution in [1.82, 2.24) is 14.2 Å². The number of benzene rings is 1. The molecule has 1 aromatic carbocycles.